The Morgan fingerprint density at radius 2 is 1.56 bits per heavy atom. The van der Waals surface area contributed by atoms with Crippen molar-refractivity contribution < 1.29 is 33.3 Å². The number of esters is 1. The first-order chi connectivity index (χ1) is 18.9. The number of carbonyl (C=O) groups excluding carboxylic acids is 3. The maximum absolute atomic E-state index is 13.4. The van der Waals surface area contributed by atoms with Gasteiger partial charge in [-0.1, -0.05) is 24.3 Å². The summed E-state index contributed by atoms with van der Waals surface area (Å²) in [6.07, 6.45) is 1.51. The molecular formula is C29H30N2O7S. The number of rotatable bonds is 12. The summed E-state index contributed by atoms with van der Waals surface area (Å²) in [4.78, 5) is 38.8. The fourth-order valence-electron chi connectivity index (χ4n) is 3.50. The Balaban J connectivity index is 1.92. The first-order valence-corrected chi connectivity index (χ1v) is 12.9. The first kappa shape index (κ1) is 29.1. The Labute approximate surface area is 231 Å². The van der Waals surface area contributed by atoms with Crippen molar-refractivity contribution in [3.63, 3.8) is 0 Å². The van der Waals surface area contributed by atoms with Gasteiger partial charge in [-0.05, 0) is 61.0 Å². The third-order valence-corrected chi connectivity index (χ3v) is 6.25. The van der Waals surface area contributed by atoms with E-state index >= 15 is 0 Å². The van der Waals surface area contributed by atoms with Crippen molar-refractivity contribution >= 4 is 41.3 Å². The van der Waals surface area contributed by atoms with Gasteiger partial charge in [-0.2, -0.15) is 0 Å². The summed E-state index contributed by atoms with van der Waals surface area (Å²) < 4.78 is 21.2. The number of carbonyl (C=O) groups is 3. The van der Waals surface area contributed by atoms with Crippen molar-refractivity contribution in [2.75, 3.05) is 39.0 Å². The minimum absolute atomic E-state index is 0.0114. The normalized spacial score (nSPS) is 10.8. The number of benzene rings is 3. The molecule has 3 rings (SSSR count). The van der Waals surface area contributed by atoms with Gasteiger partial charge in [0.2, 0.25) is 5.75 Å². The molecule has 0 bridgehead atoms. The average molecular weight is 551 g/mol. The van der Waals surface area contributed by atoms with Crippen molar-refractivity contribution in [2.45, 2.75) is 11.8 Å². The summed E-state index contributed by atoms with van der Waals surface area (Å²) in [5.74, 6) is -0.00868. The lowest BCUT2D eigenvalue weighted by Gasteiger charge is -2.15. The summed E-state index contributed by atoms with van der Waals surface area (Å²) in [5.41, 5.74) is 1.39. The van der Waals surface area contributed by atoms with Crippen LogP contribution in [-0.2, 0) is 14.3 Å². The number of hydrogen-bond acceptors (Lipinski definition) is 8. The van der Waals surface area contributed by atoms with E-state index in [4.69, 9.17) is 18.9 Å². The monoisotopic (exact) mass is 550 g/mol. The van der Waals surface area contributed by atoms with Crippen LogP contribution in [0.1, 0.15) is 22.8 Å². The van der Waals surface area contributed by atoms with Gasteiger partial charge in [0, 0.05) is 16.1 Å². The molecule has 2 amide bonds. The fourth-order valence-corrected chi connectivity index (χ4v) is 4.25. The highest BCUT2D eigenvalue weighted by Gasteiger charge is 2.18. The first-order valence-electron chi connectivity index (χ1n) is 12.0. The number of ether oxygens (including phenoxy) is 4. The molecule has 0 spiro atoms. The molecule has 0 radical (unpaired) electrons. The van der Waals surface area contributed by atoms with E-state index < -0.39 is 11.8 Å². The third-order valence-electron chi connectivity index (χ3n) is 5.28. The predicted octanol–water partition coefficient (Wildman–Crippen LogP) is 4.78. The summed E-state index contributed by atoms with van der Waals surface area (Å²) in [5, 5.41) is 5.52. The van der Waals surface area contributed by atoms with E-state index in [9.17, 15) is 14.4 Å². The van der Waals surface area contributed by atoms with Crippen LogP contribution in [0.25, 0.3) is 6.08 Å². The van der Waals surface area contributed by atoms with E-state index in [1.807, 2.05) is 6.07 Å². The Morgan fingerprint density at radius 1 is 0.872 bits per heavy atom. The molecule has 39 heavy (non-hydrogen) atoms. The van der Waals surface area contributed by atoms with E-state index in [1.54, 1.807) is 67.6 Å². The molecule has 0 saturated heterocycles. The molecule has 0 saturated carbocycles. The van der Waals surface area contributed by atoms with Crippen LogP contribution in [0.4, 0.5) is 5.69 Å². The van der Waals surface area contributed by atoms with Gasteiger partial charge in [0.05, 0.1) is 33.7 Å². The molecule has 0 fully saturated rings. The standard InChI is InChI=1S/C29H30N2O7S/c1-5-38-26(32)18-39-22-13-9-12-21(17-22)30-29(34)23(31-28(33)20-10-7-6-8-11-20)14-19-15-24(35-2)27(37-4)25(16-19)36-3/h6-17H,5,18H2,1-4H3,(H,30,34)(H,31,33)/b23-14+. The molecule has 0 aliphatic carbocycles. The number of hydrogen-bond donors (Lipinski definition) is 2. The van der Waals surface area contributed by atoms with Crippen LogP contribution in [0.2, 0.25) is 0 Å². The molecule has 204 valence electrons. The Kier molecular flexibility index (Phi) is 10.8. The zero-order chi connectivity index (χ0) is 28.2. The van der Waals surface area contributed by atoms with Gasteiger partial charge < -0.3 is 29.6 Å². The van der Waals surface area contributed by atoms with Gasteiger partial charge in [-0.15, -0.1) is 11.8 Å². The molecule has 3 aromatic rings. The Hall–Kier alpha value is -4.44. The number of nitrogens with one attached hydrogen (secondary N) is 2. The quantitative estimate of drug-likeness (QED) is 0.188. The summed E-state index contributed by atoms with van der Waals surface area (Å²) in [7, 11) is 4.47. The maximum Gasteiger partial charge on any atom is 0.316 e. The SMILES string of the molecule is CCOC(=O)CSc1cccc(NC(=O)/C(=C\c2cc(OC)c(OC)c(OC)c2)NC(=O)c2ccccc2)c1. The minimum atomic E-state index is -0.555. The zero-order valence-corrected chi connectivity index (χ0v) is 22.9. The van der Waals surface area contributed by atoms with Crippen LogP contribution in [0, 0.1) is 0 Å². The molecule has 0 heterocycles. The van der Waals surface area contributed by atoms with Crippen molar-refractivity contribution in [2.24, 2.45) is 0 Å². The molecule has 3 aromatic carbocycles. The Bertz CT molecular complexity index is 1320. The number of amides is 2. The second kappa shape index (κ2) is 14.5. The van der Waals surface area contributed by atoms with E-state index in [2.05, 4.69) is 10.6 Å². The third kappa shape index (κ3) is 8.27. The van der Waals surface area contributed by atoms with E-state index in [0.717, 1.165) is 4.90 Å². The van der Waals surface area contributed by atoms with Gasteiger partial charge in [-0.3, -0.25) is 14.4 Å². The summed E-state index contributed by atoms with van der Waals surface area (Å²) in [6, 6.07) is 18.9. The molecule has 0 aliphatic heterocycles. The van der Waals surface area contributed by atoms with Crippen LogP contribution >= 0.6 is 11.8 Å². The van der Waals surface area contributed by atoms with Crippen LogP contribution in [-0.4, -0.2) is 51.5 Å². The van der Waals surface area contributed by atoms with Crippen molar-refractivity contribution in [3.05, 3.63) is 83.6 Å². The molecule has 10 heteroatoms. The zero-order valence-electron chi connectivity index (χ0n) is 22.1. The molecule has 0 atom stereocenters. The average Bonchev–Trinajstić information content (AvgIpc) is 2.95. The van der Waals surface area contributed by atoms with E-state index in [1.165, 1.54) is 39.2 Å². The Morgan fingerprint density at radius 3 is 2.18 bits per heavy atom. The smallest absolute Gasteiger partial charge is 0.316 e. The molecule has 9 nitrogen and oxygen atoms in total. The number of methoxy groups -OCH3 is 3. The number of anilines is 1. The van der Waals surface area contributed by atoms with E-state index in [-0.39, 0.29) is 17.4 Å². The van der Waals surface area contributed by atoms with Crippen LogP contribution in [0.5, 0.6) is 17.2 Å². The van der Waals surface area contributed by atoms with E-state index in [0.29, 0.717) is 40.7 Å². The number of thioether (sulfide) groups is 1. The van der Waals surface area contributed by atoms with Crippen LogP contribution in [0.3, 0.4) is 0 Å². The molecule has 2 N–H and O–H groups in total. The second-order valence-corrected chi connectivity index (χ2v) is 8.96. The molecule has 0 aliphatic rings. The summed E-state index contributed by atoms with van der Waals surface area (Å²) in [6.45, 7) is 2.06. The predicted molar refractivity (Wildman–Crippen MR) is 150 cm³/mol. The molecule has 0 unspecified atom stereocenters. The lowest BCUT2D eigenvalue weighted by atomic mass is 10.1. The maximum atomic E-state index is 13.4. The highest BCUT2D eigenvalue weighted by atomic mass is 32.2. The van der Waals surface area contributed by atoms with Gasteiger partial charge in [0.25, 0.3) is 11.8 Å². The second-order valence-electron chi connectivity index (χ2n) is 7.91. The largest absolute Gasteiger partial charge is 0.493 e. The molecular weight excluding hydrogens is 520 g/mol. The van der Waals surface area contributed by atoms with Gasteiger partial charge in [0.15, 0.2) is 11.5 Å². The fraction of sp³-hybridized carbons (Fsp3) is 0.207. The van der Waals surface area contributed by atoms with Crippen LogP contribution < -0.4 is 24.8 Å². The lowest BCUT2D eigenvalue weighted by Crippen LogP contribution is -2.30. The van der Waals surface area contributed by atoms with Gasteiger partial charge >= 0.3 is 5.97 Å². The highest BCUT2D eigenvalue weighted by molar-refractivity contribution is 8.00. The van der Waals surface area contributed by atoms with Crippen molar-refractivity contribution in [1.29, 1.82) is 0 Å². The lowest BCUT2D eigenvalue weighted by molar-refractivity contribution is -0.139. The van der Waals surface area contributed by atoms with Gasteiger partial charge in [0.1, 0.15) is 5.70 Å². The minimum Gasteiger partial charge on any atom is -0.493 e. The van der Waals surface area contributed by atoms with Crippen molar-refractivity contribution in [3.8, 4) is 17.2 Å². The summed E-state index contributed by atoms with van der Waals surface area (Å²) >= 11 is 1.29. The highest BCUT2D eigenvalue weighted by Crippen LogP contribution is 2.38. The van der Waals surface area contributed by atoms with Crippen LogP contribution in [0.15, 0.2) is 77.3 Å². The molecule has 0 aromatic heterocycles. The van der Waals surface area contributed by atoms with Gasteiger partial charge in [-0.25, -0.2) is 0 Å². The van der Waals surface area contributed by atoms with Crippen molar-refractivity contribution in [1.82, 2.24) is 5.32 Å². The topological polar surface area (TPSA) is 112 Å².